The van der Waals surface area contributed by atoms with Crippen LogP contribution in [0.4, 0.5) is 11.6 Å². The predicted octanol–water partition coefficient (Wildman–Crippen LogP) is 3.00. The van der Waals surface area contributed by atoms with Crippen LogP contribution in [0.25, 0.3) is 0 Å². The SMILES string of the molecule is CNc1cc(N(C)C(C)CSC)nc(C(C)(C)C)n1. The molecule has 0 aromatic carbocycles. The molecule has 5 heteroatoms. The van der Waals surface area contributed by atoms with E-state index in [0.29, 0.717) is 6.04 Å². The fraction of sp³-hybridized carbons (Fsp3) is 0.714. The van der Waals surface area contributed by atoms with Gasteiger partial charge in [-0.1, -0.05) is 20.8 Å². The van der Waals surface area contributed by atoms with Gasteiger partial charge in [-0.15, -0.1) is 0 Å². The van der Waals surface area contributed by atoms with Crippen molar-refractivity contribution in [3.05, 3.63) is 11.9 Å². The Labute approximate surface area is 121 Å². The van der Waals surface area contributed by atoms with Gasteiger partial charge in [0.15, 0.2) is 0 Å². The molecule has 0 bridgehead atoms. The third kappa shape index (κ3) is 4.27. The zero-order chi connectivity index (χ0) is 14.6. The highest BCUT2D eigenvalue weighted by atomic mass is 32.2. The monoisotopic (exact) mass is 282 g/mol. The summed E-state index contributed by atoms with van der Waals surface area (Å²) in [6.45, 7) is 8.62. The molecular formula is C14H26N4S. The Morgan fingerprint density at radius 2 is 2.00 bits per heavy atom. The van der Waals surface area contributed by atoms with Gasteiger partial charge in [0, 0.05) is 37.4 Å². The Hall–Kier alpha value is -0.970. The summed E-state index contributed by atoms with van der Waals surface area (Å²) in [7, 11) is 3.99. The number of thioether (sulfide) groups is 1. The summed E-state index contributed by atoms with van der Waals surface area (Å²) in [5.41, 5.74) is -0.0504. The minimum absolute atomic E-state index is 0.0504. The lowest BCUT2D eigenvalue weighted by molar-refractivity contribution is 0.544. The largest absolute Gasteiger partial charge is 0.373 e. The molecule has 1 unspecified atom stereocenters. The first-order chi connectivity index (χ1) is 8.79. The van der Waals surface area contributed by atoms with E-state index in [-0.39, 0.29) is 5.41 Å². The summed E-state index contributed by atoms with van der Waals surface area (Å²) < 4.78 is 0. The van der Waals surface area contributed by atoms with Crippen molar-refractivity contribution in [2.45, 2.75) is 39.2 Å². The predicted molar refractivity (Wildman–Crippen MR) is 86.5 cm³/mol. The molecule has 1 aromatic heterocycles. The van der Waals surface area contributed by atoms with Gasteiger partial charge in [0.25, 0.3) is 0 Å². The fourth-order valence-corrected chi connectivity index (χ4v) is 2.36. The smallest absolute Gasteiger partial charge is 0.138 e. The maximum Gasteiger partial charge on any atom is 0.138 e. The van der Waals surface area contributed by atoms with Crippen molar-refractivity contribution in [3.63, 3.8) is 0 Å². The fourth-order valence-electron chi connectivity index (χ4n) is 1.66. The van der Waals surface area contributed by atoms with Gasteiger partial charge in [-0.05, 0) is 13.2 Å². The van der Waals surface area contributed by atoms with Crippen LogP contribution in [0.15, 0.2) is 6.07 Å². The van der Waals surface area contributed by atoms with Crippen molar-refractivity contribution in [1.29, 1.82) is 0 Å². The lowest BCUT2D eigenvalue weighted by Crippen LogP contribution is -2.32. The number of nitrogens with one attached hydrogen (secondary N) is 1. The first-order valence-corrected chi connectivity index (χ1v) is 7.98. The summed E-state index contributed by atoms with van der Waals surface area (Å²) in [5.74, 6) is 3.81. The van der Waals surface area contributed by atoms with Crippen LogP contribution in [0.3, 0.4) is 0 Å². The molecule has 0 aliphatic rings. The second-order valence-electron chi connectivity index (χ2n) is 5.85. The highest BCUT2D eigenvalue weighted by Crippen LogP contribution is 2.24. The molecule has 0 aliphatic heterocycles. The quantitative estimate of drug-likeness (QED) is 0.899. The summed E-state index contributed by atoms with van der Waals surface area (Å²) in [6, 6.07) is 2.45. The summed E-state index contributed by atoms with van der Waals surface area (Å²) >= 11 is 1.85. The average Bonchev–Trinajstić information content (AvgIpc) is 2.36. The molecule has 0 saturated heterocycles. The second-order valence-corrected chi connectivity index (χ2v) is 6.76. The molecule has 1 atom stereocenters. The first kappa shape index (κ1) is 16.1. The summed E-state index contributed by atoms with van der Waals surface area (Å²) in [6.07, 6.45) is 2.13. The number of hydrogen-bond donors (Lipinski definition) is 1. The number of hydrogen-bond acceptors (Lipinski definition) is 5. The highest BCUT2D eigenvalue weighted by Gasteiger charge is 2.21. The standard InChI is InChI=1S/C14H26N4S/c1-10(9-19-7)18(6)12-8-11(15-5)16-13(17-12)14(2,3)4/h8,10H,9H2,1-7H3,(H,15,16,17). The highest BCUT2D eigenvalue weighted by molar-refractivity contribution is 7.98. The van der Waals surface area contributed by atoms with Gasteiger partial charge in [0.2, 0.25) is 0 Å². The lowest BCUT2D eigenvalue weighted by atomic mass is 9.96. The molecular weight excluding hydrogens is 256 g/mol. The topological polar surface area (TPSA) is 41.0 Å². The molecule has 0 aliphatic carbocycles. The normalized spacial score (nSPS) is 13.2. The van der Waals surface area contributed by atoms with E-state index in [1.807, 2.05) is 24.9 Å². The maximum absolute atomic E-state index is 4.72. The van der Waals surface area contributed by atoms with Gasteiger partial charge in [-0.3, -0.25) is 0 Å². The van der Waals surface area contributed by atoms with Crippen molar-refractivity contribution < 1.29 is 0 Å². The molecule has 0 fully saturated rings. The van der Waals surface area contributed by atoms with Crippen LogP contribution in [-0.4, -0.2) is 42.1 Å². The van der Waals surface area contributed by atoms with Crippen LogP contribution in [0, 0.1) is 0 Å². The Morgan fingerprint density at radius 1 is 1.37 bits per heavy atom. The van der Waals surface area contributed by atoms with E-state index in [0.717, 1.165) is 23.2 Å². The molecule has 1 rings (SSSR count). The average molecular weight is 282 g/mol. The van der Waals surface area contributed by atoms with E-state index >= 15 is 0 Å². The second kappa shape index (κ2) is 6.46. The minimum atomic E-state index is -0.0504. The van der Waals surface area contributed by atoms with Gasteiger partial charge in [0.1, 0.15) is 17.5 Å². The third-order valence-corrected chi connectivity index (χ3v) is 3.89. The Bertz CT molecular complexity index is 414. The van der Waals surface area contributed by atoms with Crippen molar-refractivity contribution >= 4 is 23.4 Å². The van der Waals surface area contributed by atoms with Gasteiger partial charge in [0.05, 0.1) is 0 Å². The van der Waals surface area contributed by atoms with Crippen LogP contribution in [0.5, 0.6) is 0 Å². The molecule has 108 valence electrons. The maximum atomic E-state index is 4.72. The molecule has 4 nitrogen and oxygen atoms in total. The number of nitrogens with zero attached hydrogens (tertiary/aromatic N) is 3. The van der Waals surface area contributed by atoms with Crippen molar-refractivity contribution in [2.75, 3.05) is 36.3 Å². The Balaban J connectivity index is 3.13. The molecule has 0 radical (unpaired) electrons. The van der Waals surface area contributed by atoms with Gasteiger partial charge < -0.3 is 10.2 Å². The molecule has 1 heterocycles. The lowest BCUT2D eigenvalue weighted by Gasteiger charge is -2.27. The Kier molecular flexibility index (Phi) is 5.47. The van der Waals surface area contributed by atoms with Crippen molar-refractivity contribution in [2.24, 2.45) is 0 Å². The van der Waals surface area contributed by atoms with Crippen LogP contribution < -0.4 is 10.2 Å². The van der Waals surface area contributed by atoms with Crippen LogP contribution in [-0.2, 0) is 5.41 Å². The summed E-state index contributed by atoms with van der Waals surface area (Å²) in [5, 5.41) is 3.12. The van der Waals surface area contributed by atoms with Crippen LogP contribution in [0.1, 0.15) is 33.5 Å². The molecule has 19 heavy (non-hydrogen) atoms. The van der Waals surface area contributed by atoms with E-state index in [4.69, 9.17) is 4.98 Å². The van der Waals surface area contributed by atoms with Crippen LogP contribution >= 0.6 is 11.8 Å². The minimum Gasteiger partial charge on any atom is -0.373 e. The third-order valence-electron chi connectivity index (χ3n) is 3.07. The van der Waals surface area contributed by atoms with E-state index < -0.39 is 0 Å². The number of anilines is 2. The molecule has 0 amide bonds. The van der Waals surface area contributed by atoms with E-state index in [9.17, 15) is 0 Å². The van der Waals surface area contributed by atoms with Gasteiger partial charge in [-0.2, -0.15) is 11.8 Å². The van der Waals surface area contributed by atoms with Crippen molar-refractivity contribution in [1.82, 2.24) is 9.97 Å². The zero-order valence-electron chi connectivity index (χ0n) is 13.1. The molecule has 1 N–H and O–H groups in total. The van der Waals surface area contributed by atoms with E-state index in [1.54, 1.807) is 0 Å². The van der Waals surface area contributed by atoms with E-state index in [2.05, 4.69) is 56.2 Å². The molecule has 0 saturated carbocycles. The first-order valence-electron chi connectivity index (χ1n) is 6.58. The van der Waals surface area contributed by atoms with E-state index in [1.165, 1.54) is 0 Å². The van der Waals surface area contributed by atoms with Gasteiger partial charge >= 0.3 is 0 Å². The molecule has 0 spiro atoms. The van der Waals surface area contributed by atoms with Crippen molar-refractivity contribution in [3.8, 4) is 0 Å². The number of rotatable bonds is 5. The Morgan fingerprint density at radius 3 is 2.47 bits per heavy atom. The summed E-state index contributed by atoms with van der Waals surface area (Å²) in [4.78, 5) is 11.5. The zero-order valence-corrected chi connectivity index (χ0v) is 13.9. The van der Waals surface area contributed by atoms with Gasteiger partial charge in [-0.25, -0.2) is 9.97 Å². The van der Waals surface area contributed by atoms with Crippen LogP contribution in [0.2, 0.25) is 0 Å². The number of aromatic nitrogens is 2. The molecule has 1 aromatic rings.